The van der Waals surface area contributed by atoms with Gasteiger partial charge in [0.1, 0.15) is 0 Å². The van der Waals surface area contributed by atoms with E-state index in [1.807, 2.05) is 7.11 Å². The number of hydrogen-bond donors (Lipinski definition) is 1. The number of ether oxygens (including phenoxy) is 1. The van der Waals surface area contributed by atoms with E-state index in [2.05, 4.69) is 35.6 Å². The van der Waals surface area contributed by atoms with Crippen LogP contribution in [0.4, 0.5) is 0 Å². The van der Waals surface area contributed by atoms with Gasteiger partial charge in [-0.3, -0.25) is 0 Å². The van der Waals surface area contributed by atoms with Crippen molar-refractivity contribution in [2.45, 2.75) is 31.4 Å². The number of benzene rings is 1. The van der Waals surface area contributed by atoms with E-state index >= 15 is 0 Å². The zero-order valence-corrected chi connectivity index (χ0v) is 9.28. The molecule has 0 aliphatic carbocycles. The molecule has 15 heavy (non-hydrogen) atoms. The zero-order valence-electron chi connectivity index (χ0n) is 9.28. The van der Waals surface area contributed by atoms with Crippen LogP contribution in [0.1, 0.15) is 18.4 Å². The summed E-state index contributed by atoms with van der Waals surface area (Å²) in [5.74, 6) is 0. The quantitative estimate of drug-likeness (QED) is 0.815. The van der Waals surface area contributed by atoms with Crippen LogP contribution in [0.5, 0.6) is 0 Å². The molecular weight excluding hydrogens is 186 g/mol. The lowest BCUT2D eigenvalue weighted by molar-refractivity contribution is 0.0457. The Morgan fingerprint density at radius 1 is 1.33 bits per heavy atom. The molecular formula is C13H19NO. The summed E-state index contributed by atoms with van der Waals surface area (Å²) in [4.78, 5) is 0. The normalized spacial score (nSPS) is 26.5. The van der Waals surface area contributed by atoms with Gasteiger partial charge in [0.05, 0.1) is 6.10 Å². The SMILES string of the molecule is CO[C@@H]1CCCN[C@@H]1Cc1ccccc1. The van der Waals surface area contributed by atoms with Crippen molar-refractivity contribution in [2.24, 2.45) is 0 Å². The molecule has 2 nitrogen and oxygen atoms in total. The summed E-state index contributed by atoms with van der Waals surface area (Å²) < 4.78 is 5.51. The van der Waals surface area contributed by atoms with E-state index < -0.39 is 0 Å². The van der Waals surface area contributed by atoms with Crippen molar-refractivity contribution in [3.05, 3.63) is 35.9 Å². The highest BCUT2D eigenvalue weighted by atomic mass is 16.5. The lowest BCUT2D eigenvalue weighted by Crippen LogP contribution is -2.47. The maximum atomic E-state index is 5.51. The van der Waals surface area contributed by atoms with E-state index in [1.165, 1.54) is 18.4 Å². The molecule has 0 spiro atoms. The van der Waals surface area contributed by atoms with E-state index in [0.29, 0.717) is 12.1 Å². The molecule has 1 heterocycles. The standard InChI is InChI=1S/C13H19NO/c1-15-13-8-5-9-14-12(13)10-11-6-3-2-4-7-11/h2-4,6-7,12-14H,5,8-10H2,1H3/t12-,13-/m1/s1. The third kappa shape index (κ3) is 2.80. The molecule has 0 unspecified atom stereocenters. The summed E-state index contributed by atoms with van der Waals surface area (Å²) in [7, 11) is 1.82. The average Bonchev–Trinajstić information content (AvgIpc) is 2.31. The maximum absolute atomic E-state index is 5.51. The Morgan fingerprint density at radius 3 is 2.87 bits per heavy atom. The Hall–Kier alpha value is -0.860. The number of methoxy groups -OCH3 is 1. The van der Waals surface area contributed by atoms with Crippen LogP contribution < -0.4 is 5.32 Å². The van der Waals surface area contributed by atoms with Crippen LogP contribution in [0.25, 0.3) is 0 Å². The Labute approximate surface area is 91.6 Å². The van der Waals surface area contributed by atoms with Crippen LogP contribution in [0, 0.1) is 0 Å². The van der Waals surface area contributed by atoms with Gasteiger partial charge in [0, 0.05) is 13.2 Å². The average molecular weight is 205 g/mol. The van der Waals surface area contributed by atoms with Crippen molar-refractivity contribution in [3.8, 4) is 0 Å². The molecule has 1 aromatic rings. The van der Waals surface area contributed by atoms with Crippen LogP contribution in [0.2, 0.25) is 0 Å². The fourth-order valence-corrected chi connectivity index (χ4v) is 2.28. The van der Waals surface area contributed by atoms with Gasteiger partial charge in [-0.25, -0.2) is 0 Å². The summed E-state index contributed by atoms with van der Waals surface area (Å²) in [5, 5.41) is 3.54. The van der Waals surface area contributed by atoms with E-state index in [1.54, 1.807) is 0 Å². The summed E-state index contributed by atoms with van der Waals surface area (Å²) in [5.41, 5.74) is 1.39. The van der Waals surface area contributed by atoms with Crippen molar-refractivity contribution in [1.29, 1.82) is 0 Å². The Kier molecular flexibility index (Phi) is 3.75. The van der Waals surface area contributed by atoms with Gasteiger partial charge in [0.25, 0.3) is 0 Å². The lowest BCUT2D eigenvalue weighted by atomic mass is 9.95. The minimum atomic E-state index is 0.374. The van der Waals surface area contributed by atoms with E-state index in [-0.39, 0.29) is 0 Å². The van der Waals surface area contributed by atoms with Gasteiger partial charge in [0.2, 0.25) is 0 Å². The second kappa shape index (κ2) is 5.29. The monoisotopic (exact) mass is 205 g/mol. The molecule has 2 heteroatoms. The molecule has 1 N–H and O–H groups in total. The van der Waals surface area contributed by atoms with E-state index in [0.717, 1.165) is 13.0 Å². The number of hydrogen-bond acceptors (Lipinski definition) is 2. The van der Waals surface area contributed by atoms with Gasteiger partial charge >= 0.3 is 0 Å². The van der Waals surface area contributed by atoms with Crippen LogP contribution in [-0.4, -0.2) is 25.8 Å². The summed E-state index contributed by atoms with van der Waals surface area (Å²) in [6, 6.07) is 11.1. The van der Waals surface area contributed by atoms with Gasteiger partial charge in [-0.05, 0) is 31.4 Å². The van der Waals surface area contributed by atoms with Gasteiger partial charge < -0.3 is 10.1 Å². The topological polar surface area (TPSA) is 21.3 Å². The van der Waals surface area contributed by atoms with E-state index in [9.17, 15) is 0 Å². The van der Waals surface area contributed by atoms with Crippen LogP contribution in [0.3, 0.4) is 0 Å². The minimum absolute atomic E-state index is 0.374. The molecule has 0 saturated carbocycles. The summed E-state index contributed by atoms with van der Waals surface area (Å²) in [6.07, 6.45) is 3.85. The second-order valence-electron chi connectivity index (χ2n) is 4.17. The first-order chi connectivity index (χ1) is 7.40. The van der Waals surface area contributed by atoms with Crippen molar-refractivity contribution in [2.75, 3.05) is 13.7 Å². The molecule has 0 aromatic heterocycles. The molecule has 0 amide bonds. The van der Waals surface area contributed by atoms with E-state index in [4.69, 9.17) is 4.74 Å². The molecule has 82 valence electrons. The number of nitrogens with one attached hydrogen (secondary N) is 1. The Bertz CT molecular complexity index is 286. The van der Waals surface area contributed by atoms with Crippen LogP contribution in [-0.2, 0) is 11.2 Å². The smallest absolute Gasteiger partial charge is 0.0727 e. The molecule has 0 radical (unpaired) electrons. The molecule has 1 fully saturated rings. The highest BCUT2D eigenvalue weighted by Crippen LogP contribution is 2.15. The van der Waals surface area contributed by atoms with Gasteiger partial charge in [0.15, 0.2) is 0 Å². The second-order valence-corrected chi connectivity index (χ2v) is 4.17. The zero-order chi connectivity index (χ0) is 10.5. The van der Waals surface area contributed by atoms with Gasteiger partial charge in [-0.2, -0.15) is 0 Å². The Balaban J connectivity index is 1.97. The lowest BCUT2D eigenvalue weighted by Gasteiger charge is -2.31. The highest BCUT2D eigenvalue weighted by Gasteiger charge is 2.24. The third-order valence-electron chi connectivity index (χ3n) is 3.12. The van der Waals surface area contributed by atoms with Crippen molar-refractivity contribution in [1.82, 2.24) is 5.32 Å². The number of piperidine rings is 1. The van der Waals surface area contributed by atoms with Gasteiger partial charge in [-0.15, -0.1) is 0 Å². The fourth-order valence-electron chi connectivity index (χ4n) is 2.28. The molecule has 1 aliphatic heterocycles. The first-order valence-corrected chi connectivity index (χ1v) is 5.70. The molecule has 2 atom stereocenters. The predicted molar refractivity (Wildman–Crippen MR) is 62.0 cm³/mol. The third-order valence-corrected chi connectivity index (χ3v) is 3.12. The Morgan fingerprint density at radius 2 is 2.13 bits per heavy atom. The minimum Gasteiger partial charge on any atom is -0.380 e. The first-order valence-electron chi connectivity index (χ1n) is 5.70. The summed E-state index contributed by atoms with van der Waals surface area (Å²) in [6.45, 7) is 1.12. The fraction of sp³-hybridized carbons (Fsp3) is 0.538. The van der Waals surface area contributed by atoms with Crippen molar-refractivity contribution >= 4 is 0 Å². The maximum Gasteiger partial charge on any atom is 0.0727 e. The predicted octanol–water partition coefficient (Wildman–Crippen LogP) is 2.00. The van der Waals surface area contributed by atoms with Crippen LogP contribution >= 0.6 is 0 Å². The molecule has 2 rings (SSSR count). The number of rotatable bonds is 3. The van der Waals surface area contributed by atoms with Crippen molar-refractivity contribution < 1.29 is 4.74 Å². The largest absolute Gasteiger partial charge is 0.380 e. The molecule has 1 saturated heterocycles. The highest BCUT2D eigenvalue weighted by molar-refractivity contribution is 5.16. The molecule has 1 aromatic carbocycles. The van der Waals surface area contributed by atoms with Gasteiger partial charge in [-0.1, -0.05) is 30.3 Å². The summed E-state index contributed by atoms with van der Waals surface area (Å²) >= 11 is 0. The molecule has 0 bridgehead atoms. The van der Waals surface area contributed by atoms with Crippen molar-refractivity contribution in [3.63, 3.8) is 0 Å². The molecule has 1 aliphatic rings. The van der Waals surface area contributed by atoms with Crippen LogP contribution in [0.15, 0.2) is 30.3 Å². The first kappa shape index (κ1) is 10.7.